The van der Waals surface area contributed by atoms with Crippen molar-refractivity contribution in [3.05, 3.63) is 95.1 Å². The smallest absolute Gasteiger partial charge is 0.264 e. The van der Waals surface area contributed by atoms with Crippen molar-refractivity contribution in [3.63, 3.8) is 0 Å². The molecule has 39 heavy (non-hydrogen) atoms. The summed E-state index contributed by atoms with van der Waals surface area (Å²) in [5.74, 6) is -0.493. The predicted octanol–water partition coefficient (Wildman–Crippen LogP) is 5.18. The zero-order valence-corrected chi connectivity index (χ0v) is 24.5. The normalized spacial score (nSPS) is 12.2. The number of hydrogen-bond acceptors (Lipinski definition) is 4. The largest absolute Gasteiger partial charge is 0.357 e. The van der Waals surface area contributed by atoms with Gasteiger partial charge in [0.2, 0.25) is 11.8 Å². The molecule has 0 fully saturated rings. The van der Waals surface area contributed by atoms with E-state index in [0.717, 1.165) is 26.6 Å². The van der Waals surface area contributed by atoms with Gasteiger partial charge in [-0.2, -0.15) is 0 Å². The molecular weight excluding hydrogens is 510 g/mol. The fourth-order valence-corrected chi connectivity index (χ4v) is 5.78. The molecule has 0 aromatic heterocycles. The first-order chi connectivity index (χ1) is 18.5. The quantitative estimate of drug-likeness (QED) is 0.357. The second kappa shape index (κ2) is 12.9. The van der Waals surface area contributed by atoms with Crippen molar-refractivity contribution in [1.29, 1.82) is 0 Å². The first-order valence-electron chi connectivity index (χ1n) is 13.2. The number of carbonyl (C=O) groups excluding carboxylic acids is 2. The van der Waals surface area contributed by atoms with Gasteiger partial charge in [-0.1, -0.05) is 80.4 Å². The van der Waals surface area contributed by atoms with Gasteiger partial charge in [0.25, 0.3) is 10.0 Å². The SMILES string of the molecule is CC[C@H](C(=O)NC)N(Cc1ccc(C)cc1)C(=O)CN(c1ccc(C(C)C)cc1)S(=O)(=O)c1ccc(C)cc1. The number of likely N-dealkylation sites (N-methyl/N-ethyl adjacent to an activating group) is 1. The number of amides is 2. The number of rotatable bonds is 11. The number of hydrogen-bond donors (Lipinski definition) is 1. The van der Waals surface area contributed by atoms with Crippen LogP contribution in [0.4, 0.5) is 5.69 Å². The maximum absolute atomic E-state index is 14.0. The molecule has 0 aliphatic heterocycles. The van der Waals surface area contributed by atoms with Crippen LogP contribution in [0.3, 0.4) is 0 Å². The molecule has 0 saturated carbocycles. The lowest BCUT2D eigenvalue weighted by atomic mass is 10.0. The molecule has 0 saturated heterocycles. The molecule has 2 amide bonds. The topological polar surface area (TPSA) is 86.8 Å². The Labute approximate surface area is 232 Å². The minimum absolute atomic E-state index is 0.0947. The zero-order valence-electron chi connectivity index (χ0n) is 23.6. The van der Waals surface area contributed by atoms with E-state index in [1.807, 2.05) is 57.2 Å². The number of anilines is 1. The van der Waals surface area contributed by atoms with Gasteiger partial charge in [0.15, 0.2) is 0 Å². The van der Waals surface area contributed by atoms with Gasteiger partial charge in [-0.15, -0.1) is 0 Å². The van der Waals surface area contributed by atoms with Gasteiger partial charge < -0.3 is 10.2 Å². The number of benzene rings is 3. The minimum atomic E-state index is -4.08. The lowest BCUT2D eigenvalue weighted by Gasteiger charge is -2.33. The van der Waals surface area contributed by atoms with Crippen molar-refractivity contribution in [2.75, 3.05) is 17.9 Å². The van der Waals surface area contributed by atoms with E-state index < -0.39 is 28.5 Å². The van der Waals surface area contributed by atoms with Gasteiger partial charge >= 0.3 is 0 Å². The van der Waals surface area contributed by atoms with Crippen LogP contribution in [0.1, 0.15) is 55.4 Å². The molecule has 0 spiro atoms. The Kier molecular flexibility index (Phi) is 9.92. The average Bonchev–Trinajstić information content (AvgIpc) is 2.92. The Bertz CT molecular complexity index is 1370. The molecule has 3 aromatic rings. The van der Waals surface area contributed by atoms with E-state index >= 15 is 0 Å². The number of aryl methyl sites for hydroxylation is 2. The van der Waals surface area contributed by atoms with E-state index in [1.165, 1.54) is 11.9 Å². The molecule has 1 atom stereocenters. The van der Waals surface area contributed by atoms with E-state index in [9.17, 15) is 18.0 Å². The van der Waals surface area contributed by atoms with Crippen molar-refractivity contribution in [2.24, 2.45) is 0 Å². The van der Waals surface area contributed by atoms with Crippen LogP contribution in [-0.4, -0.2) is 44.8 Å². The molecule has 8 heteroatoms. The third-order valence-corrected chi connectivity index (χ3v) is 8.63. The van der Waals surface area contributed by atoms with Gasteiger partial charge in [-0.25, -0.2) is 8.42 Å². The van der Waals surface area contributed by atoms with E-state index in [0.29, 0.717) is 12.1 Å². The lowest BCUT2D eigenvalue weighted by molar-refractivity contribution is -0.140. The average molecular weight is 550 g/mol. The van der Waals surface area contributed by atoms with E-state index in [4.69, 9.17) is 0 Å². The van der Waals surface area contributed by atoms with Crippen molar-refractivity contribution in [3.8, 4) is 0 Å². The molecule has 208 valence electrons. The van der Waals surface area contributed by atoms with Crippen LogP contribution in [0, 0.1) is 13.8 Å². The predicted molar refractivity (Wildman–Crippen MR) is 156 cm³/mol. The molecule has 0 heterocycles. The molecule has 0 radical (unpaired) electrons. The van der Waals surface area contributed by atoms with Crippen LogP contribution in [-0.2, 0) is 26.2 Å². The molecule has 0 aliphatic carbocycles. The summed E-state index contributed by atoms with van der Waals surface area (Å²) in [4.78, 5) is 28.3. The Balaban J connectivity index is 2.06. The summed E-state index contributed by atoms with van der Waals surface area (Å²) in [6, 6.07) is 20.8. The molecule has 7 nitrogen and oxygen atoms in total. The van der Waals surface area contributed by atoms with Crippen LogP contribution in [0.15, 0.2) is 77.7 Å². The van der Waals surface area contributed by atoms with Gasteiger partial charge in [0.05, 0.1) is 10.6 Å². The Morgan fingerprint density at radius 3 is 1.87 bits per heavy atom. The number of sulfonamides is 1. The summed E-state index contributed by atoms with van der Waals surface area (Å²) in [6.07, 6.45) is 0.380. The van der Waals surface area contributed by atoms with E-state index in [2.05, 4.69) is 19.2 Å². The van der Waals surface area contributed by atoms with Gasteiger partial charge in [-0.05, 0) is 61.6 Å². The second-order valence-electron chi connectivity index (χ2n) is 10.1. The third-order valence-electron chi connectivity index (χ3n) is 6.84. The van der Waals surface area contributed by atoms with E-state index in [-0.39, 0.29) is 23.3 Å². The molecule has 1 N–H and O–H groups in total. The number of nitrogens with one attached hydrogen (secondary N) is 1. The zero-order chi connectivity index (χ0) is 28.7. The fraction of sp³-hybridized carbons (Fsp3) is 0.355. The number of carbonyl (C=O) groups is 2. The molecule has 0 unspecified atom stereocenters. The molecule has 0 bridgehead atoms. The van der Waals surface area contributed by atoms with Crippen LogP contribution in [0.5, 0.6) is 0 Å². The van der Waals surface area contributed by atoms with Crippen LogP contribution >= 0.6 is 0 Å². The highest BCUT2D eigenvalue weighted by molar-refractivity contribution is 7.92. The summed E-state index contributed by atoms with van der Waals surface area (Å²) in [5.41, 5.74) is 4.31. The lowest BCUT2D eigenvalue weighted by Crippen LogP contribution is -2.51. The second-order valence-corrected chi connectivity index (χ2v) is 12.0. The maximum Gasteiger partial charge on any atom is 0.264 e. The van der Waals surface area contributed by atoms with E-state index in [1.54, 1.807) is 36.4 Å². The maximum atomic E-state index is 14.0. The Morgan fingerprint density at radius 2 is 1.38 bits per heavy atom. The third kappa shape index (κ3) is 7.26. The summed E-state index contributed by atoms with van der Waals surface area (Å²) in [5, 5.41) is 2.64. The van der Waals surface area contributed by atoms with Gasteiger partial charge in [-0.3, -0.25) is 13.9 Å². The molecular formula is C31H39N3O4S. The van der Waals surface area contributed by atoms with Gasteiger partial charge in [0, 0.05) is 13.6 Å². The highest BCUT2D eigenvalue weighted by Crippen LogP contribution is 2.27. The first-order valence-corrected chi connectivity index (χ1v) is 14.7. The Morgan fingerprint density at radius 1 is 0.846 bits per heavy atom. The highest BCUT2D eigenvalue weighted by atomic mass is 32.2. The summed E-state index contributed by atoms with van der Waals surface area (Å²) >= 11 is 0. The monoisotopic (exact) mass is 549 g/mol. The standard InChI is InChI=1S/C31H39N3O4S/c1-7-29(31(36)32-6)33(20-25-12-8-23(4)9-13-25)30(35)21-34(27-16-14-26(15-17-27)22(2)3)39(37,38)28-18-10-24(5)11-19-28/h8-19,22,29H,7,20-21H2,1-6H3,(H,32,36)/t29-/m1/s1. The number of nitrogens with zero attached hydrogens (tertiary/aromatic N) is 2. The summed E-state index contributed by atoms with van der Waals surface area (Å²) in [6.45, 7) is 9.55. The van der Waals surface area contributed by atoms with Crippen molar-refractivity contribution in [2.45, 2.75) is 64.4 Å². The fourth-order valence-electron chi connectivity index (χ4n) is 4.37. The van der Waals surface area contributed by atoms with Crippen LogP contribution in [0.2, 0.25) is 0 Å². The van der Waals surface area contributed by atoms with Crippen LogP contribution < -0.4 is 9.62 Å². The summed E-state index contributed by atoms with van der Waals surface area (Å²) in [7, 11) is -2.55. The first kappa shape index (κ1) is 29.9. The Hall–Kier alpha value is -3.65. The summed E-state index contributed by atoms with van der Waals surface area (Å²) < 4.78 is 29.0. The van der Waals surface area contributed by atoms with Crippen LogP contribution in [0.25, 0.3) is 0 Å². The van der Waals surface area contributed by atoms with Crippen molar-refractivity contribution >= 4 is 27.5 Å². The molecule has 0 aliphatic rings. The highest BCUT2D eigenvalue weighted by Gasteiger charge is 2.33. The minimum Gasteiger partial charge on any atom is -0.357 e. The molecule has 3 rings (SSSR count). The van der Waals surface area contributed by atoms with Crippen molar-refractivity contribution in [1.82, 2.24) is 10.2 Å². The molecule has 3 aromatic carbocycles. The van der Waals surface area contributed by atoms with Gasteiger partial charge in [0.1, 0.15) is 12.6 Å². The van der Waals surface area contributed by atoms with Crippen molar-refractivity contribution < 1.29 is 18.0 Å².